The highest BCUT2D eigenvalue weighted by Crippen LogP contribution is 2.32. The molecule has 2 aliphatic rings. The van der Waals surface area contributed by atoms with E-state index in [9.17, 15) is 4.79 Å². The minimum Gasteiger partial charge on any atom is -0.399 e. The highest BCUT2D eigenvalue weighted by molar-refractivity contribution is 5.76. The van der Waals surface area contributed by atoms with Gasteiger partial charge in [-0.2, -0.15) is 0 Å². The molecule has 4 nitrogen and oxygen atoms in total. The van der Waals surface area contributed by atoms with Crippen LogP contribution in [0.25, 0.3) is 0 Å². The van der Waals surface area contributed by atoms with Crippen molar-refractivity contribution in [1.29, 1.82) is 0 Å². The number of hydrogen-bond acceptors (Lipinski definition) is 3. The number of nitrogens with two attached hydrogens (primary N) is 1. The molecule has 1 amide bonds. The average molecular weight is 288 g/mol. The summed E-state index contributed by atoms with van der Waals surface area (Å²) in [4.78, 5) is 12.1. The summed E-state index contributed by atoms with van der Waals surface area (Å²) in [5.74, 6) is 0.138. The molecule has 0 bridgehead atoms. The number of hydrogen-bond donors (Lipinski definition) is 2. The van der Waals surface area contributed by atoms with Gasteiger partial charge in [0.15, 0.2) is 0 Å². The number of carbonyl (C=O) groups excluding carboxylic acids is 1. The lowest BCUT2D eigenvalue weighted by Crippen LogP contribution is -2.29. The van der Waals surface area contributed by atoms with E-state index in [0.29, 0.717) is 6.42 Å². The maximum Gasteiger partial charge on any atom is 0.220 e. The number of nitrogens with one attached hydrogen (secondary N) is 1. The fourth-order valence-corrected chi connectivity index (χ4v) is 3.38. The molecule has 1 aromatic carbocycles. The van der Waals surface area contributed by atoms with Gasteiger partial charge in [0.2, 0.25) is 5.91 Å². The molecule has 1 aliphatic carbocycles. The molecule has 3 rings (SSSR count). The zero-order valence-electron chi connectivity index (χ0n) is 12.4. The number of carbonyl (C=O) groups is 1. The Kier molecular flexibility index (Phi) is 4.44. The first-order chi connectivity index (χ1) is 10.2. The molecule has 3 N–H and O–H groups in total. The van der Waals surface area contributed by atoms with Crippen LogP contribution in [0.15, 0.2) is 18.2 Å². The number of rotatable bonds is 4. The lowest BCUT2D eigenvalue weighted by Gasteiger charge is -2.22. The van der Waals surface area contributed by atoms with Crippen LogP contribution in [0.3, 0.4) is 0 Å². The van der Waals surface area contributed by atoms with E-state index < -0.39 is 0 Å². The minimum absolute atomic E-state index is 0.138. The van der Waals surface area contributed by atoms with Crippen LogP contribution in [0.5, 0.6) is 0 Å². The molecule has 0 saturated carbocycles. The predicted octanol–water partition coefficient (Wildman–Crippen LogP) is 2.72. The fourth-order valence-electron chi connectivity index (χ4n) is 3.38. The highest BCUT2D eigenvalue weighted by atomic mass is 16.5. The SMILES string of the molecule is Nc1ccc2c(c1)CCC2NC(=O)CCC1CCCCO1. The van der Waals surface area contributed by atoms with E-state index >= 15 is 0 Å². The smallest absolute Gasteiger partial charge is 0.220 e. The lowest BCUT2D eigenvalue weighted by atomic mass is 10.0. The van der Waals surface area contributed by atoms with Crippen molar-refractivity contribution >= 4 is 11.6 Å². The largest absolute Gasteiger partial charge is 0.399 e. The van der Waals surface area contributed by atoms with E-state index in [2.05, 4.69) is 5.32 Å². The molecular formula is C17H24N2O2. The van der Waals surface area contributed by atoms with Gasteiger partial charge >= 0.3 is 0 Å². The van der Waals surface area contributed by atoms with E-state index in [1.807, 2.05) is 18.2 Å². The Hall–Kier alpha value is -1.55. The van der Waals surface area contributed by atoms with E-state index in [1.54, 1.807) is 0 Å². The van der Waals surface area contributed by atoms with Gasteiger partial charge in [0.25, 0.3) is 0 Å². The molecule has 1 aromatic rings. The Labute approximate surface area is 126 Å². The molecule has 4 heteroatoms. The Balaban J connectivity index is 1.50. The number of ether oxygens (including phenoxy) is 1. The molecule has 0 radical (unpaired) electrons. The third-order valence-electron chi connectivity index (χ3n) is 4.55. The monoisotopic (exact) mass is 288 g/mol. The fraction of sp³-hybridized carbons (Fsp3) is 0.588. The van der Waals surface area contributed by atoms with E-state index in [0.717, 1.165) is 44.4 Å². The van der Waals surface area contributed by atoms with Crippen LogP contribution >= 0.6 is 0 Å². The second-order valence-electron chi connectivity index (χ2n) is 6.14. The van der Waals surface area contributed by atoms with E-state index in [4.69, 9.17) is 10.5 Å². The summed E-state index contributed by atoms with van der Waals surface area (Å²) < 4.78 is 5.67. The predicted molar refractivity (Wildman–Crippen MR) is 82.9 cm³/mol. The zero-order chi connectivity index (χ0) is 14.7. The molecule has 2 unspecified atom stereocenters. The van der Waals surface area contributed by atoms with Gasteiger partial charge in [0, 0.05) is 18.7 Å². The highest BCUT2D eigenvalue weighted by Gasteiger charge is 2.24. The summed E-state index contributed by atoms with van der Waals surface area (Å²) >= 11 is 0. The van der Waals surface area contributed by atoms with Gasteiger partial charge in [0.05, 0.1) is 12.1 Å². The zero-order valence-corrected chi connectivity index (χ0v) is 12.4. The van der Waals surface area contributed by atoms with Crippen molar-refractivity contribution in [2.75, 3.05) is 12.3 Å². The maximum atomic E-state index is 12.1. The second-order valence-corrected chi connectivity index (χ2v) is 6.14. The van der Waals surface area contributed by atoms with Crippen LogP contribution in [0.1, 0.15) is 55.7 Å². The number of aryl methyl sites for hydroxylation is 1. The Bertz CT molecular complexity index is 510. The van der Waals surface area contributed by atoms with Crippen LogP contribution in [0.4, 0.5) is 5.69 Å². The molecular weight excluding hydrogens is 264 g/mol. The van der Waals surface area contributed by atoms with Crippen molar-refractivity contribution < 1.29 is 9.53 Å². The number of anilines is 1. The number of fused-ring (bicyclic) bond motifs is 1. The molecule has 1 saturated heterocycles. The Morgan fingerprint density at radius 2 is 2.24 bits per heavy atom. The summed E-state index contributed by atoms with van der Waals surface area (Å²) in [6, 6.07) is 6.14. The summed E-state index contributed by atoms with van der Waals surface area (Å²) in [5.41, 5.74) is 9.11. The first-order valence-corrected chi connectivity index (χ1v) is 8.01. The Morgan fingerprint density at radius 3 is 3.05 bits per heavy atom. The van der Waals surface area contributed by atoms with Crippen LogP contribution in [0.2, 0.25) is 0 Å². The third-order valence-corrected chi connectivity index (χ3v) is 4.55. The van der Waals surface area contributed by atoms with Crippen molar-refractivity contribution in [3.8, 4) is 0 Å². The van der Waals surface area contributed by atoms with Gasteiger partial charge < -0.3 is 15.8 Å². The lowest BCUT2D eigenvalue weighted by molar-refractivity contribution is -0.122. The molecule has 114 valence electrons. The summed E-state index contributed by atoms with van der Waals surface area (Å²) in [7, 11) is 0. The second kappa shape index (κ2) is 6.48. The normalized spacial score (nSPS) is 24.6. The quantitative estimate of drug-likeness (QED) is 0.837. The van der Waals surface area contributed by atoms with Crippen molar-refractivity contribution in [2.24, 2.45) is 0 Å². The third kappa shape index (κ3) is 3.56. The first kappa shape index (κ1) is 14.4. The van der Waals surface area contributed by atoms with Crippen LogP contribution in [-0.4, -0.2) is 18.6 Å². The summed E-state index contributed by atoms with van der Waals surface area (Å²) in [6.45, 7) is 0.851. The van der Waals surface area contributed by atoms with Crippen molar-refractivity contribution in [3.63, 3.8) is 0 Å². The van der Waals surface area contributed by atoms with Crippen molar-refractivity contribution in [1.82, 2.24) is 5.32 Å². The van der Waals surface area contributed by atoms with Crippen LogP contribution in [0, 0.1) is 0 Å². The van der Waals surface area contributed by atoms with Gasteiger partial charge in [-0.15, -0.1) is 0 Å². The number of benzene rings is 1. The number of amides is 1. The van der Waals surface area contributed by atoms with Gasteiger partial charge in [-0.25, -0.2) is 0 Å². The van der Waals surface area contributed by atoms with Crippen LogP contribution < -0.4 is 11.1 Å². The minimum atomic E-state index is 0.138. The van der Waals surface area contributed by atoms with Gasteiger partial charge in [-0.05, 0) is 61.8 Å². The van der Waals surface area contributed by atoms with E-state index in [1.165, 1.54) is 17.5 Å². The van der Waals surface area contributed by atoms with Gasteiger partial charge in [0.1, 0.15) is 0 Å². The molecule has 21 heavy (non-hydrogen) atoms. The van der Waals surface area contributed by atoms with Gasteiger partial charge in [-0.1, -0.05) is 6.07 Å². The Morgan fingerprint density at radius 1 is 1.33 bits per heavy atom. The first-order valence-electron chi connectivity index (χ1n) is 8.01. The number of nitrogen functional groups attached to an aromatic ring is 1. The molecule has 0 aromatic heterocycles. The van der Waals surface area contributed by atoms with Crippen molar-refractivity contribution in [3.05, 3.63) is 29.3 Å². The summed E-state index contributed by atoms with van der Waals surface area (Å²) in [6.07, 6.45) is 7.13. The topological polar surface area (TPSA) is 64.3 Å². The molecule has 1 aliphatic heterocycles. The molecule has 0 spiro atoms. The van der Waals surface area contributed by atoms with Gasteiger partial charge in [-0.3, -0.25) is 4.79 Å². The van der Waals surface area contributed by atoms with Crippen LogP contribution in [-0.2, 0) is 16.0 Å². The van der Waals surface area contributed by atoms with E-state index in [-0.39, 0.29) is 18.1 Å². The molecule has 1 fully saturated rings. The standard InChI is InChI=1S/C17H24N2O2/c18-13-5-7-15-12(11-13)4-8-16(15)19-17(20)9-6-14-3-1-2-10-21-14/h5,7,11,14,16H,1-4,6,8-10,18H2,(H,19,20). The summed E-state index contributed by atoms with van der Waals surface area (Å²) in [5, 5.41) is 3.16. The maximum absolute atomic E-state index is 12.1. The molecule has 1 heterocycles. The average Bonchev–Trinajstić information content (AvgIpc) is 2.88. The van der Waals surface area contributed by atoms with Crippen molar-refractivity contribution in [2.45, 2.75) is 57.1 Å². The molecule has 2 atom stereocenters.